The molecule has 0 spiro atoms. The number of nitrogens with one attached hydrogen (secondary N) is 1. The predicted octanol–water partition coefficient (Wildman–Crippen LogP) is 2.84. The third kappa shape index (κ3) is 3.59. The third-order valence-electron chi connectivity index (χ3n) is 4.19. The van der Waals surface area contributed by atoms with E-state index in [2.05, 4.69) is 20.2 Å². The number of aromatic nitrogens is 5. The van der Waals surface area contributed by atoms with Crippen molar-refractivity contribution in [2.45, 2.75) is 39.8 Å². The molecule has 0 saturated carbocycles. The van der Waals surface area contributed by atoms with Crippen LogP contribution in [0.5, 0.6) is 0 Å². The predicted molar refractivity (Wildman–Crippen MR) is 102 cm³/mol. The summed E-state index contributed by atoms with van der Waals surface area (Å²) in [5, 5.41) is 8.93. The first-order valence-corrected chi connectivity index (χ1v) is 9.53. The Morgan fingerprint density at radius 1 is 1.22 bits per heavy atom. The second-order valence-electron chi connectivity index (χ2n) is 6.18. The molecule has 3 aromatic heterocycles. The SMILES string of the molecule is CCOC(=O)c1[nH]c(C)c(C(=O)CSc2nnc3cc(C)nc(C)n23)c1C. The zero-order valence-corrected chi connectivity index (χ0v) is 16.7. The molecule has 142 valence electrons. The zero-order chi connectivity index (χ0) is 19.7. The molecule has 0 fully saturated rings. The van der Waals surface area contributed by atoms with Crippen LogP contribution in [0.2, 0.25) is 0 Å². The van der Waals surface area contributed by atoms with Crippen molar-refractivity contribution < 1.29 is 14.3 Å². The number of Topliss-reactive ketones (excluding diaryl/α,β-unsaturated/α-hetero) is 1. The molecule has 0 bridgehead atoms. The number of carbonyl (C=O) groups excluding carboxylic acids is 2. The maximum absolute atomic E-state index is 12.8. The second kappa shape index (κ2) is 7.51. The smallest absolute Gasteiger partial charge is 0.355 e. The average Bonchev–Trinajstić information content (AvgIpc) is 3.13. The summed E-state index contributed by atoms with van der Waals surface area (Å²) in [4.78, 5) is 32.2. The highest BCUT2D eigenvalue weighted by Crippen LogP contribution is 2.24. The van der Waals surface area contributed by atoms with Gasteiger partial charge in [0, 0.05) is 23.0 Å². The van der Waals surface area contributed by atoms with E-state index in [1.54, 1.807) is 20.8 Å². The molecule has 0 aliphatic rings. The number of carbonyl (C=O) groups is 2. The van der Waals surface area contributed by atoms with Crippen molar-refractivity contribution in [3.8, 4) is 0 Å². The number of fused-ring (bicyclic) bond motifs is 1. The molecule has 3 heterocycles. The summed E-state index contributed by atoms with van der Waals surface area (Å²) < 4.78 is 6.86. The summed E-state index contributed by atoms with van der Waals surface area (Å²) in [6.45, 7) is 9.32. The monoisotopic (exact) mass is 387 g/mol. The van der Waals surface area contributed by atoms with Gasteiger partial charge in [-0.15, -0.1) is 10.2 Å². The summed E-state index contributed by atoms with van der Waals surface area (Å²) in [7, 11) is 0. The molecule has 0 atom stereocenters. The molecule has 9 heteroatoms. The van der Waals surface area contributed by atoms with Crippen LogP contribution >= 0.6 is 11.8 Å². The summed E-state index contributed by atoms with van der Waals surface area (Å²) in [5.74, 6) is 0.403. The number of ether oxygens (including phenoxy) is 1. The van der Waals surface area contributed by atoms with Gasteiger partial charge in [-0.1, -0.05) is 11.8 Å². The minimum atomic E-state index is -0.453. The van der Waals surface area contributed by atoms with E-state index in [9.17, 15) is 9.59 Å². The highest BCUT2D eigenvalue weighted by atomic mass is 32.2. The van der Waals surface area contributed by atoms with Crippen molar-refractivity contribution >= 4 is 29.2 Å². The number of ketones is 1. The quantitative estimate of drug-likeness (QED) is 0.394. The minimum Gasteiger partial charge on any atom is -0.461 e. The summed E-state index contributed by atoms with van der Waals surface area (Å²) >= 11 is 1.29. The van der Waals surface area contributed by atoms with E-state index < -0.39 is 5.97 Å². The number of rotatable bonds is 6. The first-order chi connectivity index (χ1) is 12.8. The van der Waals surface area contributed by atoms with Crippen LogP contribution in [0.1, 0.15) is 50.5 Å². The van der Waals surface area contributed by atoms with Gasteiger partial charge in [-0.2, -0.15) is 0 Å². The Kier molecular flexibility index (Phi) is 5.31. The average molecular weight is 387 g/mol. The molecule has 27 heavy (non-hydrogen) atoms. The van der Waals surface area contributed by atoms with E-state index in [-0.39, 0.29) is 18.1 Å². The molecule has 0 aromatic carbocycles. The molecule has 0 radical (unpaired) electrons. The van der Waals surface area contributed by atoms with Crippen LogP contribution in [0.4, 0.5) is 0 Å². The van der Waals surface area contributed by atoms with Crippen LogP contribution in [0.3, 0.4) is 0 Å². The van der Waals surface area contributed by atoms with Crippen LogP contribution in [0.25, 0.3) is 5.65 Å². The van der Waals surface area contributed by atoms with Crippen LogP contribution in [0, 0.1) is 27.7 Å². The van der Waals surface area contributed by atoms with Crippen molar-refractivity contribution in [1.82, 2.24) is 24.6 Å². The number of esters is 1. The van der Waals surface area contributed by atoms with Gasteiger partial charge in [0.05, 0.1) is 12.4 Å². The van der Waals surface area contributed by atoms with E-state index in [1.165, 1.54) is 11.8 Å². The third-order valence-corrected chi connectivity index (χ3v) is 5.12. The van der Waals surface area contributed by atoms with Crippen LogP contribution in [0.15, 0.2) is 11.2 Å². The Hall–Kier alpha value is -2.68. The molecule has 3 rings (SSSR count). The molecule has 0 amide bonds. The fourth-order valence-electron chi connectivity index (χ4n) is 3.07. The van der Waals surface area contributed by atoms with E-state index in [0.29, 0.717) is 33.3 Å². The van der Waals surface area contributed by atoms with Crippen molar-refractivity contribution in [2.24, 2.45) is 0 Å². The van der Waals surface area contributed by atoms with E-state index in [0.717, 1.165) is 11.5 Å². The van der Waals surface area contributed by atoms with E-state index in [1.807, 2.05) is 24.3 Å². The van der Waals surface area contributed by atoms with Gasteiger partial charge in [-0.3, -0.25) is 9.20 Å². The Labute approximate surface area is 160 Å². The van der Waals surface area contributed by atoms with Crippen molar-refractivity contribution in [3.63, 3.8) is 0 Å². The minimum absolute atomic E-state index is 0.0868. The topological polar surface area (TPSA) is 102 Å². The Bertz CT molecular complexity index is 1040. The molecule has 3 aromatic rings. The Morgan fingerprint density at radius 2 is 1.96 bits per heavy atom. The highest BCUT2D eigenvalue weighted by molar-refractivity contribution is 7.99. The van der Waals surface area contributed by atoms with Gasteiger partial charge in [0.15, 0.2) is 16.6 Å². The molecule has 0 saturated heterocycles. The summed E-state index contributed by atoms with van der Waals surface area (Å²) in [5.41, 5.74) is 3.67. The first kappa shape index (κ1) is 19.1. The largest absolute Gasteiger partial charge is 0.461 e. The fourth-order valence-corrected chi connectivity index (χ4v) is 3.93. The van der Waals surface area contributed by atoms with Gasteiger partial charge in [0.2, 0.25) is 0 Å². The van der Waals surface area contributed by atoms with E-state index in [4.69, 9.17) is 4.74 Å². The van der Waals surface area contributed by atoms with Crippen LogP contribution in [-0.4, -0.2) is 48.7 Å². The van der Waals surface area contributed by atoms with Crippen LogP contribution in [-0.2, 0) is 4.74 Å². The molecule has 8 nitrogen and oxygen atoms in total. The maximum atomic E-state index is 12.8. The molecule has 0 aliphatic carbocycles. The number of aryl methyl sites for hydroxylation is 3. The van der Waals surface area contributed by atoms with Gasteiger partial charge < -0.3 is 9.72 Å². The number of hydrogen-bond acceptors (Lipinski definition) is 7. The highest BCUT2D eigenvalue weighted by Gasteiger charge is 2.23. The summed E-state index contributed by atoms with van der Waals surface area (Å²) in [6, 6.07) is 1.85. The number of H-pyrrole nitrogens is 1. The zero-order valence-electron chi connectivity index (χ0n) is 15.9. The number of hydrogen-bond donors (Lipinski definition) is 1. The van der Waals surface area contributed by atoms with Gasteiger partial charge in [0.25, 0.3) is 0 Å². The molecular formula is C18H21N5O3S. The lowest BCUT2D eigenvalue weighted by Gasteiger charge is -2.05. The number of nitrogens with zero attached hydrogens (tertiary/aromatic N) is 4. The lowest BCUT2D eigenvalue weighted by Crippen LogP contribution is -2.09. The van der Waals surface area contributed by atoms with Crippen molar-refractivity contribution in [1.29, 1.82) is 0 Å². The van der Waals surface area contributed by atoms with Gasteiger partial charge in [-0.05, 0) is 40.2 Å². The molecule has 0 aliphatic heterocycles. The van der Waals surface area contributed by atoms with Gasteiger partial charge in [0.1, 0.15) is 11.5 Å². The van der Waals surface area contributed by atoms with Crippen molar-refractivity contribution in [3.05, 3.63) is 40.1 Å². The van der Waals surface area contributed by atoms with E-state index >= 15 is 0 Å². The number of thioether (sulfide) groups is 1. The normalized spacial score (nSPS) is 11.1. The molecule has 1 N–H and O–H groups in total. The second-order valence-corrected chi connectivity index (χ2v) is 7.12. The Balaban J connectivity index is 1.82. The van der Waals surface area contributed by atoms with Gasteiger partial charge in [-0.25, -0.2) is 9.78 Å². The fraction of sp³-hybridized carbons (Fsp3) is 0.389. The van der Waals surface area contributed by atoms with Gasteiger partial charge >= 0.3 is 5.97 Å². The van der Waals surface area contributed by atoms with Crippen molar-refractivity contribution in [2.75, 3.05) is 12.4 Å². The number of aromatic amines is 1. The first-order valence-electron chi connectivity index (χ1n) is 8.55. The summed E-state index contributed by atoms with van der Waals surface area (Å²) in [6.07, 6.45) is 0. The molecule has 0 unspecified atom stereocenters. The Morgan fingerprint density at radius 3 is 2.67 bits per heavy atom. The lowest BCUT2D eigenvalue weighted by molar-refractivity contribution is 0.0519. The molecular weight excluding hydrogens is 366 g/mol. The van der Waals surface area contributed by atoms with Crippen LogP contribution < -0.4 is 0 Å². The lowest BCUT2D eigenvalue weighted by atomic mass is 10.1. The maximum Gasteiger partial charge on any atom is 0.355 e. The standard InChI is InChI=1S/C18H21N5O3S/c1-6-26-17(25)16-10(3)15(11(4)20-16)13(24)8-27-18-22-21-14-7-9(2)19-12(5)23(14)18/h7,20H,6,8H2,1-5H3.